The number of ether oxygens (including phenoxy) is 1. The van der Waals surface area contributed by atoms with E-state index < -0.39 is 0 Å². The van der Waals surface area contributed by atoms with Gasteiger partial charge in [0, 0.05) is 11.7 Å². The highest BCUT2D eigenvalue weighted by Crippen LogP contribution is 2.19. The van der Waals surface area contributed by atoms with E-state index in [0.29, 0.717) is 23.9 Å². The van der Waals surface area contributed by atoms with E-state index in [2.05, 4.69) is 10.6 Å². The number of nitrogens with one attached hydrogen (secondary N) is 2. The summed E-state index contributed by atoms with van der Waals surface area (Å²) in [7, 11) is 0. The maximum Gasteiger partial charge on any atom is 0.338 e. The van der Waals surface area contributed by atoms with Crippen molar-refractivity contribution >= 4 is 17.7 Å². The van der Waals surface area contributed by atoms with Crippen LogP contribution in [0.3, 0.4) is 0 Å². The fourth-order valence-electron chi connectivity index (χ4n) is 1.66. The van der Waals surface area contributed by atoms with E-state index in [9.17, 15) is 9.59 Å². The van der Waals surface area contributed by atoms with Gasteiger partial charge in [0.25, 0.3) is 0 Å². The maximum absolute atomic E-state index is 11.7. The Bertz CT molecular complexity index is 467. The zero-order valence-corrected chi connectivity index (χ0v) is 11.6. The lowest BCUT2D eigenvalue weighted by Gasteiger charge is -2.07. The third-order valence-corrected chi connectivity index (χ3v) is 3.02. The molecule has 20 heavy (non-hydrogen) atoms. The first kappa shape index (κ1) is 14.4. The van der Waals surface area contributed by atoms with E-state index in [4.69, 9.17) is 4.74 Å². The highest BCUT2D eigenvalue weighted by Gasteiger charge is 2.23. The van der Waals surface area contributed by atoms with Gasteiger partial charge in [-0.1, -0.05) is 13.3 Å². The van der Waals surface area contributed by atoms with Crippen LogP contribution in [0.2, 0.25) is 0 Å². The Morgan fingerprint density at radius 1 is 1.25 bits per heavy atom. The molecule has 1 fully saturated rings. The molecule has 108 valence electrons. The van der Waals surface area contributed by atoms with E-state index in [1.807, 2.05) is 6.92 Å². The molecule has 1 saturated carbocycles. The molecule has 1 aliphatic carbocycles. The van der Waals surface area contributed by atoms with Crippen molar-refractivity contribution in [1.82, 2.24) is 5.32 Å². The minimum atomic E-state index is -0.326. The summed E-state index contributed by atoms with van der Waals surface area (Å²) in [5.74, 6) is -0.326. The topological polar surface area (TPSA) is 67.4 Å². The summed E-state index contributed by atoms with van der Waals surface area (Å²) in [4.78, 5) is 23.2. The van der Waals surface area contributed by atoms with Gasteiger partial charge in [0.2, 0.25) is 0 Å². The molecule has 2 N–H and O–H groups in total. The minimum Gasteiger partial charge on any atom is -0.462 e. The molecule has 0 unspecified atom stereocenters. The molecule has 0 atom stereocenters. The van der Waals surface area contributed by atoms with Crippen molar-refractivity contribution < 1.29 is 14.3 Å². The summed E-state index contributed by atoms with van der Waals surface area (Å²) >= 11 is 0. The Labute approximate surface area is 118 Å². The SMILES string of the molecule is CCCCOC(=O)c1ccc(NC(=O)NC2CC2)cc1. The Morgan fingerprint density at radius 2 is 1.95 bits per heavy atom. The van der Waals surface area contributed by atoms with Crippen molar-refractivity contribution in [3.8, 4) is 0 Å². The van der Waals surface area contributed by atoms with Crippen molar-refractivity contribution in [1.29, 1.82) is 0 Å². The number of benzene rings is 1. The lowest BCUT2D eigenvalue weighted by molar-refractivity contribution is 0.0500. The molecule has 1 aliphatic rings. The average Bonchev–Trinajstić information content (AvgIpc) is 3.23. The standard InChI is InChI=1S/C15H20N2O3/c1-2-3-10-20-14(18)11-4-6-12(7-5-11)16-15(19)17-13-8-9-13/h4-7,13H,2-3,8-10H2,1H3,(H2,16,17,19). The maximum atomic E-state index is 11.7. The first-order valence-electron chi connectivity index (χ1n) is 7.03. The Balaban J connectivity index is 1.82. The Morgan fingerprint density at radius 3 is 2.55 bits per heavy atom. The Kier molecular flexibility index (Phi) is 4.98. The van der Waals surface area contributed by atoms with E-state index in [1.165, 1.54) is 0 Å². The molecule has 2 rings (SSSR count). The second kappa shape index (κ2) is 6.93. The van der Waals surface area contributed by atoms with Crippen LogP contribution in [0.15, 0.2) is 24.3 Å². The van der Waals surface area contributed by atoms with Crippen molar-refractivity contribution in [3.05, 3.63) is 29.8 Å². The molecule has 0 aromatic heterocycles. The number of carbonyl (C=O) groups is 2. The van der Waals surface area contributed by atoms with Crippen LogP contribution in [-0.4, -0.2) is 24.6 Å². The first-order valence-corrected chi connectivity index (χ1v) is 7.03. The van der Waals surface area contributed by atoms with E-state index in [-0.39, 0.29) is 12.0 Å². The van der Waals surface area contributed by atoms with Gasteiger partial charge in [-0.3, -0.25) is 0 Å². The number of urea groups is 1. The molecule has 2 amide bonds. The normalized spacial score (nSPS) is 13.7. The van der Waals surface area contributed by atoms with Crippen LogP contribution in [-0.2, 0) is 4.74 Å². The molecule has 0 saturated heterocycles. The van der Waals surface area contributed by atoms with Crippen LogP contribution in [0.25, 0.3) is 0 Å². The van der Waals surface area contributed by atoms with Gasteiger partial charge in [0.05, 0.1) is 12.2 Å². The molecule has 0 heterocycles. The number of anilines is 1. The lowest BCUT2D eigenvalue weighted by atomic mass is 10.2. The van der Waals surface area contributed by atoms with Gasteiger partial charge in [0.15, 0.2) is 0 Å². The zero-order chi connectivity index (χ0) is 14.4. The third kappa shape index (κ3) is 4.57. The second-order valence-corrected chi connectivity index (χ2v) is 4.94. The van der Waals surface area contributed by atoms with Gasteiger partial charge < -0.3 is 15.4 Å². The predicted molar refractivity (Wildman–Crippen MR) is 76.8 cm³/mol. The summed E-state index contributed by atoms with van der Waals surface area (Å²) in [5, 5.41) is 5.56. The van der Waals surface area contributed by atoms with Crippen LogP contribution in [0, 0.1) is 0 Å². The summed E-state index contributed by atoms with van der Waals surface area (Å²) in [6.07, 6.45) is 3.96. The van der Waals surface area contributed by atoms with Gasteiger partial charge in [-0.15, -0.1) is 0 Å². The van der Waals surface area contributed by atoms with E-state index >= 15 is 0 Å². The van der Waals surface area contributed by atoms with Gasteiger partial charge >= 0.3 is 12.0 Å². The first-order chi connectivity index (χ1) is 9.69. The quantitative estimate of drug-likeness (QED) is 0.620. The summed E-state index contributed by atoms with van der Waals surface area (Å²) in [6.45, 7) is 2.49. The monoisotopic (exact) mass is 276 g/mol. The highest BCUT2D eigenvalue weighted by molar-refractivity contribution is 5.92. The van der Waals surface area contributed by atoms with Crippen LogP contribution in [0.4, 0.5) is 10.5 Å². The second-order valence-electron chi connectivity index (χ2n) is 4.94. The minimum absolute atomic E-state index is 0.203. The molecule has 1 aromatic rings. The summed E-state index contributed by atoms with van der Waals surface area (Å²) in [5.41, 5.74) is 1.16. The van der Waals surface area contributed by atoms with Crippen LogP contribution >= 0.6 is 0 Å². The van der Waals surface area contributed by atoms with Gasteiger partial charge in [-0.25, -0.2) is 9.59 Å². The highest BCUT2D eigenvalue weighted by atomic mass is 16.5. The summed E-state index contributed by atoms with van der Waals surface area (Å²) < 4.78 is 5.11. The number of hydrogen-bond donors (Lipinski definition) is 2. The van der Waals surface area contributed by atoms with Crippen LogP contribution in [0.5, 0.6) is 0 Å². The molecule has 0 radical (unpaired) electrons. The predicted octanol–water partition coefficient (Wildman–Crippen LogP) is 2.93. The number of rotatable bonds is 6. The number of hydrogen-bond acceptors (Lipinski definition) is 3. The van der Waals surface area contributed by atoms with Gasteiger partial charge in [-0.2, -0.15) is 0 Å². The molecular weight excluding hydrogens is 256 g/mol. The van der Waals surface area contributed by atoms with Crippen LogP contribution < -0.4 is 10.6 Å². The van der Waals surface area contributed by atoms with Gasteiger partial charge in [-0.05, 0) is 43.5 Å². The van der Waals surface area contributed by atoms with Crippen molar-refractivity contribution in [2.75, 3.05) is 11.9 Å². The molecule has 0 spiro atoms. The van der Waals surface area contributed by atoms with Crippen LogP contribution in [0.1, 0.15) is 43.0 Å². The van der Waals surface area contributed by atoms with E-state index in [0.717, 1.165) is 25.7 Å². The lowest BCUT2D eigenvalue weighted by Crippen LogP contribution is -2.30. The van der Waals surface area contributed by atoms with Crippen molar-refractivity contribution in [2.24, 2.45) is 0 Å². The van der Waals surface area contributed by atoms with Gasteiger partial charge in [0.1, 0.15) is 0 Å². The zero-order valence-electron chi connectivity index (χ0n) is 11.6. The fourth-order valence-corrected chi connectivity index (χ4v) is 1.66. The van der Waals surface area contributed by atoms with Crippen molar-refractivity contribution in [3.63, 3.8) is 0 Å². The number of carbonyl (C=O) groups excluding carboxylic acids is 2. The Hall–Kier alpha value is -2.04. The molecule has 5 nitrogen and oxygen atoms in total. The smallest absolute Gasteiger partial charge is 0.338 e. The third-order valence-electron chi connectivity index (χ3n) is 3.02. The number of esters is 1. The molecular formula is C15H20N2O3. The molecule has 0 bridgehead atoms. The molecule has 0 aliphatic heterocycles. The average molecular weight is 276 g/mol. The largest absolute Gasteiger partial charge is 0.462 e. The molecule has 1 aromatic carbocycles. The molecule has 5 heteroatoms. The number of amides is 2. The summed E-state index contributed by atoms with van der Waals surface area (Å²) in [6, 6.07) is 6.82. The van der Waals surface area contributed by atoms with E-state index in [1.54, 1.807) is 24.3 Å². The van der Waals surface area contributed by atoms with Crippen molar-refractivity contribution in [2.45, 2.75) is 38.6 Å². The fraction of sp³-hybridized carbons (Fsp3) is 0.467. The number of unbranched alkanes of at least 4 members (excludes halogenated alkanes) is 1.